The summed E-state index contributed by atoms with van der Waals surface area (Å²) in [7, 11) is 0. The van der Waals surface area contributed by atoms with Crippen LogP contribution >= 0.6 is 0 Å². The van der Waals surface area contributed by atoms with Gasteiger partial charge in [-0.3, -0.25) is 0 Å². The smallest absolute Gasteiger partial charge is 0.0781 e. The van der Waals surface area contributed by atoms with Crippen LogP contribution in [0.4, 0.5) is 5.69 Å². The number of rotatable bonds is 3. The van der Waals surface area contributed by atoms with E-state index in [1.54, 1.807) is 0 Å². The van der Waals surface area contributed by atoms with E-state index in [1.807, 2.05) is 19.1 Å². The third-order valence-corrected chi connectivity index (χ3v) is 4.55. The summed E-state index contributed by atoms with van der Waals surface area (Å²) < 4.78 is 0. The summed E-state index contributed by atoms with van der Waals surface area (Å²) in [5.41, 5.74) is 2.78. The minimum Gasteiger partial charge on any atom is -0.389 e. The van der Waals surface area contributed by atoms with Crippen LogP contribution in [0.25, 0.3) is 0 Å². The molecule has 1 fully saturated rings. The van der Waals surface area contributed by atoms with Crippen LogP contribution in [0.2, 0.25) is 0 Å². The number of hydrogen-bond donors (Lipinski definition) is 1. The van der Waals surface area contributed by atoms with Gasteiger partial charge in [0.1, 0.15) is 0 Å². The molecule has 1 saturated heterocycles. The van der Waals surface area contributed by atoms with Crippen molar-refractivity contribution >= 4 is 5.69 Å². The Bertz CT molecular complexity index is 392. The van der Waals surface area contributed by atoms with Gasteiger partial charge in [-0.2, -0.15) is 0 Å². The van der Waals surface area contributed by atoms with E-state index in [0.717, 1.165) is 18.7 Å². The fraction of sp³-hybridized carbons (Fsp3) is 0.625. The molecular weight excluding hydrogens is 222 g/mol. The summed E-state index contributed by atoms with van der Waals surface area (Å²) in [5, 5.41) is 9.86. The Kier molecular flexibility index (Phi) is 3.96. The molecule has 0 aromatic heterocycles. The zero-order chi connectivity index (χ0) is 13.2. The number of aliphatic hydroxyl groups excluding tert-OH is 1. The highest BCUT2D eigenvalue weighted by atomic mass is 16.3. The van der Waals surface area contributed by atoms with Gasteiger partial charge in [0.2, 0.25) is 0 Å². The molecule has 1 aromatic carbocycles. The largest absolute Gasteiger partial charge is 0.389 e. The van der Waals surface area contributed by atoms with Crippen molar-refractivity contribution in [3.63, 3.8) is 0 Å². The summed E-state index contributed by atoms with van der Waals surface area (Å²) >= 11 is 0. The van der Waals surface area contributed by atoms with Crippen LogP contribution in [0.1, 0.15) is 51.7 Å². The van der Waals surface area contributed by atoms with E-state index in [9.17, 15) is 5.11 Å². The maximum Gasteiger partial charge on any atom is 0.0781 e. The first-order valence-corrected chi connectivity index (χ1v) is 7.08. The molecule has 1 heterocycles. The summed E-state index contributed by atoms with van der Waals surface area (Å²) in [6.07, 6.45) is 3.37. The van der Waals surface area contributed by atoms with Crippen molar-refractivity contribution < 1.29 is 5.11 Å². The molecule has 1 aromatic rings. The zero-order valence-electron chi connectivity index (χ0n) is 11.8. The average molecular weight is 247 g/mol. The standard InChI is InChI=1S/C16H25NO/c1-4-16(3)9-11-17(12-10-16)15-8-6-5-7-14(15)13(2)18/h5-8,13,18H,4,9-12H2,1-3H3/t13-/m1/s1. The molecule has 2 rings (SSSR count). The fourth-order valence-corrected chi connectivity index (χ4v) is 2.77. The molecule has 0 saturated carbocycles. The Morgan fingerprint density at radius 3 is 2.44 bits per heavy atom. The molecule has 1 N–H and O–H groups in total. The Balaban J connectivity index is 2.15. The van der Waals surface area contributed by atoms with Gasteiger partial charge in [0.15, 0.2) is 0 Å². The Hall–Kier alpha value is -1.02. The lowest BCUT2D eigenvalue weighted by molar-refractivity contribution is 0.198. The first-order chi connectivity index (χ1) is 8.56. The van der Waals surface area contributed by atoms with Gasteiger partial charge in [0.25, 0.3) is 0 Å². The molecule has 100 valence electrons. The summed E-state index contributed by atoms with van der Waals surface area (Å²) in [6, 6.07) is 8.24. The maximum absolute atomic E-state index is 9.86. The molecule has 0 bridgehead atoms. The average Bonchev–Trinajstić information content (AvgIpc) is 2.39. The Morgan fingerprint density at radius 1 is 1.28 bits per heavy atom. The number of benzene rings is 1. The number of aliphatic hydroxyl groups is 1. The van der Waals surface area contributed by atoms with E-state index in [1.165, 1.54) is 24.9 Å². The number of nitrogens with zero attached hydrogens (tertiary/aromatic N) is 1. The van der Waals surface area contributed by atoms with Crippen LogP contribution in [0, 0.1) is 5.41 Å². The molecule has 0 amide bonds. The molecule has 0 radical (unpaired) electrons. The predicted molar refractivity (Wildman–Crippen MR) is 76.9 cm³/mol. The highest BCUT2D eigenvalue weighted by molar-refractivity contribution is 5.54. The van der Waals surface area contributed by atoms with Gasteiger partial charge in [-0.1, -0.05) is 38.5 Å². The third kappa shape index (κ3) is 2.69. The first-order valence-electron chi connectivity index (χ1n) is 7.08. The van der Waals surface area contributed by atoms with Gasteiger partial charge in [-0.25, -0.2) is 0 Å². The second kappa shape index (κ2) is 5.31. The number of anilines is 1. The van der Waals surface area contributed by atoms with E-state index >= 15 is 0 Å². The van der Waals surface area contributed by atoms with E-state index in [0.29, 0.717) is 5.41 Å². The molecule has 0 aliphatic carbocycles. The number of hydrogen-bond acceptors (Lipinski definition) is 2. The fourth-order valence-electron chi connectivity index (χ4n) is 2.77. The molecule has 2 heteroatoms. The Labute approximate surface area is 111 Å². The normalized spacial score (nSPS) is 20.8. The Morgan fingerprint density at radius 2 is 1.89 bits per heavy atom. The molecule has 0 spiro atoms. The van der Waals surface area contributed by atoms with Crippen molar-refractivity contribution in [3.8, 4) is 0 Å². The van der Waals surface area contributed by atoms with Crippen LogP contribution in [0.15, 0.2) is 24.3 Å². The molecule has 1 atom stereocenters. The quantitative estimate of drug-likeness (QED) is 0.879. The number of para-hydroxylation sites is 1. The van der Waals surface area contributed by atoms with E-state index in [-0.39, 0.29) is 6.10 Å². The van der Waals surface area contributed by atoms with Gasteiger partial charge in [-0.15, -0.1) is 0 Å². The van der Waals surface area contributed by atoms with Crippen molar-refractivity contribution in [1.29, 1.82) is 0 Å². The van der Waals surface area contributed by atoms with Crippen molar-refractivity contribution in [2.75, 3.05) is 18.0 Å². The summed E-state index contributed by atoms with van der Waals surface area (Å²) in [4.78, 5) is 2.43. The van der Waals surface area contributed by atoms with Gasteiger partial charge in [0, 0.05) is 24.3 Å². The molecule has 2 nitrogen and oxygen atoms in total. The lowest BCUT2D eigenvalue weighted by atomic mass is 9.78. The lowest BCUT2D eigenvalue weighted by Gasteiger charge is -2.40. The van der Waals surface area contributed by atoms with Gasteiger partial charge >= 0.3 is 0 Å². The van der Waals surface area contributed by atoms with Gasteiger partial charge in [0.05, 0.1) is 6.10 Å². The molecule has 1 aliphatic rings. The summed E-state index contributed by atoms with van der Waals surface area (Å²) in [6.45, 7) is 8.74. The predicted octanol–water partition coefficient (Wildman–Crippen LogP) is 3.76. The van der Waals surface area contributed by atoms with Crippen LogP contribution in [0.5, 0.6) is 0 Å². The van der Waals surface area contributed by atoms with Crippen molar-refractivity contribution in [2.45, 2.75) is 46.1 Å². The monoisotopic (exact) mass is 247 g/mol. The lowest BCUT2D eigenvalue weighted by Crippen LogP contribution is -2.38. The van der Waals surface area contributed by atoms with Crippen molar-refractivity contribution in [1.82, 2.24) is 0 Å². The minimum absolute atomic E-state index is 0.388. The van der Waals surface area contributed by atoms with E-state index in [4.69, 9.17) is 0 Å². The zero-order valence-corrected chi connectivity index (χ0v) is 11.8. The highest BCUT2D eigenvalue weighted by Gasteiger charge is 2.29. The number of piperidine rings is 1. The third-order valence-electron chi connectivity index (χ3n) is 4.55. The topological polar surface area (TPSA) is 23.5 Å². The first kappa shape index (κ1) is 13.4. The van der Waals surface area contributed by atoms with Crippen LogP contribution in [0.3, 0.4) is 0 Å². The molecule has 18 heavy (non-hydrogen) atoms. The SMILES string of the molecule is CCC1(C)CCN(c2ccccc2[C@@H](C)O)CC1. The van der Waals surface area contributed by atoms with Crippen LogP contribution < -0.4 is 4.90 Å². The summed E-state index contributed by atoms with van der Waals surface area (Å²) in [5.74, 6) is 0. The molecule has 0 unspecified atom stereocenters. The maximum atomic E-state index is 9.86. The second-order valence-corrected chi connectivity index (χ2v) is 5.89. The van der Waals surface area contributed by atoms with Crippen molar-refractivity contribution in [2.24, 2.45) is 5.41 Å². The van der Waals surface area contributed by atoms with Crippen molar-refractivity contribution in [3.05, 3.63) is 29.8 Å². The van der Waals surface area contributed by atoms with Gasteiger partial charge in [-0.05, 0) is 31.2 Å². The second-order valence-electron chi connectivity index (χ2n) is 5.89. The molecule has 1 aliphatic heterocycles. The highest BCUT2D eigenvalue weighted by Crippen LogP contribution is 2.37. The van der Waals surface area contributed by atoms with E-state index < -0.39 is 0 Å². The van der Waals surface area contributed by atoms with Crippen LogP contribution in [-0.4, -0.2) is 18.2 Å². The molecular formula is C16H25NO. The minimum atomic E-state index is -0.388. The van der Waals surface area contributed by atoms with Crippen LogP contribution in [-0.2, 0) is 0 Å². The van der Waals surface area contributed by atoms with E-state index in [2.05, 4.69) is 30.9 Å². The van der Waals surface area contributed by atoms with Gasteiger partial charge < -0.3 is 10.0 Å².